The maximum atomic E-state index is 13.4. The Morgan fingerprint density at radius 3 is 2.36 bits per heavy atom. The minimum absolute atomic E-state index is 0.0397. The number of thiazole rings is 1. The van der Waals surface area contributed by atoms with Crippen LogP contribution in [-0.2, 0) is 9.59 Å². The molecule has 1 amide bonds. The number of benzene rings is 3. The number of hydrogen-bond acceptors (Lipinski definition) is 6. The molecule has 0 aliphatic carbocycles. The second-order valence-electron chi connectivity index (χ2n) is 9.19. The Hall–Kier alpha value is -3.97. The molecule has 182 valence electrons. The molecule has 5 rings (SSSR count). The Morgan fingerprint density at radius 2 is 1.72 bits per heavy atom. The van der Waals surface area contributed by atoms with E-state index in [-0.39, 0.29) is 11.3 Å². The number of hydrogen-bond donors (Lipinski definition) is 1. The molecule has 1 N–H and O–H groups in total. The largest absolute Gasteiger partial charge is 0.507 e. The molecule has 0 spiro atoms. The summed E-state index contributed by atoms with van der Waals surface area (Å²) in [6.07, 6.45) is 0. The van der Waals surface area contributed by atoms with Crippen molar-refractivity contribution < 1.29 is 19.4 Å². The molecule has 36 heavy (non-hydrogen) atoms. The number of amides is 1. The summed E-state index contributed by atoms with van der Waals surface area (Å²) in [6.45, 7) is 6.21. The minimum atomic E-state index is -0.810. The van der Waals surface area contributed by atoms with E-state index in [1.54, 1.807) is 31.4 Å². The Kier molecular flexibility index (Phi) is 6.10. The number of methoxy groups -OCH3 is 1. The Balaban J connectivity index is 1.70. The van der Waals surface area contributed by atoms with Gasteiger partial charge >= 0.3 is 5.91 Å². The van der Waals surface area contributed by atoms with Crippen LogP contribution in [0.25, 0.3) is 16.0 Å². The maximum absolute atomic E-state index is 13.4. The highest BCUT2D eigenvalue weighted by atomic mass is 32.1. The first kappa shape index (κ1) is 23.8. The lowest BCUT2D eigenvalue weighted by molar-refractivity contribution is -0.132. The number of aliphatic hydroxyl groups is 1. The van der Waals surface area contributed by atoms with Crippen LogP contribution in [0.1, 0.15) is 48.1 Å². The van der Waals surface area contributed by atoms with Crippen LogP contribution in [0.15, 0.2) is 72.3 Å². The number of aryl methyl sites for hydroxylation is 1. The standard InChI is InChI=1S/C29H26N2O4S/c1-16(2)18-6-8-19(9-7-18)25-24(26(32)20-10-12-21(35-4)13-11-20)27(33)28(34)31(25)29-30-22-14-5-17(3)15-23(22)36-29/h5-16,25,32H,1-4H3/b26-24+/t25-/m1/s1. The highest BCUT2D eigenvalue weighted by Gasteiger charge is 2.48. The van der Waals surface area contributed by atoms with Crippen molar-refractivity contribution in [1.29, 1.82) is 0 Å². The highest BCUT2D eigenvalue weighted by Crippen LogP contribution is 2.44. The summed E-state index contributed by atoms with van der Waals surface area (Å²) in [7, 11) is 1.56. The molecule has 6 nitrogen and oxygen atoms in total. The van der Waals surface area contributed by atoms with Gasteiger partial charge in [-0.25, -0.2) is 4.98 Å². The average Bonchev–Trinajstić information content (AvgIpc) is 3.41. The lowest BCUT2D eigenvalue weighted by Crippen LogP contribution is -2.29. The molecule has 3 aromatic carbocycles. The van der Waals surface area contributed by atoms with E-state index >= 15 is 0 Å². The van der Waals surface area contributed by atoms with E-state index in [0.717, 1.165) is 26.9 Å². The molecular weight excluding hydrogens is 472 g/mol. The third kappa shape index (κ3) is 4.05. The van der Waals surface area contributed by atoms with Crippen molar-refractivity contribution in [3.8, 4) is 5.75 Å². The predicted octanol–water partition coefficient (Wildman–Crippen LogP) is 6.36. The van der Waals surface area contributed by atoms with E-state index in [1.807, 2.05) is 49.4 Å². The van der Waals surface area contributed by atoms with Gasteiger partial charge in [0.2, 0.25) is 0 Å². The first-order valence-corrected chi connectivity index (χ1v) is 12.5. The molecule has 0 bridgehead atoms. The van der Waals surface area contributed by atoms with Gasteiger partial charge in [-0.2, -0.15) is 0 Å². The molecule has 1 aliphatic heterocycles. The zero-order chi connectivity index (χ0) is 25.6. The Labute approximate surface area is 213 Å². The summed E-state index contributed by atoms with van der Waals surface area (Å²) < 4.78 is 6.14. The number of aliphatic hydroxyl groups excluding tert-OH is 1. The quantitative estimate of drug-likeness (QED) is 0.197. The van der Waals surface area contributed by atoms with E-state index in [1.165, 1.54) is 16.2 Å². The van der Waals surface area contributed by atoms with Gasteiger partial charge in [0, 0.05) is 5.56 Å². The van der Waals surface area contributed by atoms with Crippen LogP contribution in [0.4, 0.5) is 5.13 Å². The first-order valence-electron chi connectivity index (χ1n) is 11.7. The Bertz CT molecular complexity index is 1500. The molecule has 0 saturated carbocycles. The van der Waals surface area contributed by atoms with Crippen LogP contribution in [0.5, 0.6) is 5.75 Å². The lowest BCUT2D eigenvalue weighted by Gasteiger charge is -2.23. The summed E-state index contributed by atoms with van der Waals surface area (Å²) in [4.78, 5) is 32.9. The maximum Gasteiger partial charge on any atom is 0.301 e. The van der Waals surface area contributed by atoms with E-state index in [0.29, 0.717) is 22.4 Å². The second kappa shape index (κ2) is 9.24. The van der Waals surface area contributed by atoms with Crippen LogP contribution in [0, 0.1) is 6.92 Å². The number of fused-ring (bicyclic) bond motifs is 1. The summed E-state index contributed by atoms with van der Waals surface area (Å²) in [5.41, 5.74) is 4.17. The van der Waals surface area contributed by atoms with Gasteiger partial charge in [-0.1, -0.05) is 55.5 Å². The number of carbonyl (C=O) groups is 2. The predicted molar refractivity (Wildman–Crippen MR) is 143 cm³/mol. The summed E-state index contributed by atoms with van der Waals surface area (Å²) in [5.74, 6) is -0.723. The number of carbonyl (C=O) groups excluding carboxylic acids is 2. The monoisotopic (exact) mass is 498 g/mol. The molecule has 1 aliphatic rings. The number of anilines is 1. The number of aromatic nitrogens is 1. The van der Waals surface area contributed by atoms with Crippen molar-refractivity contribution in [1.82, 2.24) is 4.98 Å². The van der Waals surface area contributed by atoms with E-state index in [2.05, 4.69) is 18.8 Å². The smallest absolute Gasteiger partial charge is 0.301 e. The minimum Gasteiger partial charge on any atom is -0.507 e. The third-order valence-corrected chi connectivity index (χ3v) is 7.48. The average molecular weight is 499 g/mol. The molecule has 1 atom stereocenters. The molecule has 1 fully saturated rings. The molecule has 4 aromatic rings. The number of Topliss-reactive ketones (excluding diaryl/α,β-unsaturated/α-hetero) is 1. The van der Waals surface area contributed by atoms with Crippen molar-refractivity contribution in [3.63, 3.8) is 0 Å². The highest BCUT2D eigenvalue weighted by molar-refractivity contribution is 7.22. The van der Waals surface area contributed by atoms with Gasteiger partial charge in [0.25, 0.3) is 5.78 Å². The van der Waals surface area contributed by atoms with Gasteiger partial charge in [0.15, 0.2) is 5.13 Å². The van der Waals surface area contributed by atoms with Gasteiger partial charge in [-0.15, -0.1) is 0 Å². The van der Waals surface area contributed by atoms with E-state index < -0.39 is 17.7 Å². The van der Waals surface area contributed by atoms with Crippen LogP contribution in [0.3, 0.4) is 0 Å². The lowest BCUT2D eigenvalue weighted by atomic mass is 9.93. The van der Waals surface area contributed by atoms with Gasteiger partial charge in [0.05, 0.1) is 28.9 Å². The van der Waals surface area contributed by atoms with Crippen LogP contribution in [-0.4, -0.2) is 28.9 Å². The van der Waals surface area contributed by atoms with Crippen molar-refractivity contribution in [3.05, 3.63) is 94.6 Å². The van der Waals surface area contributed by atoms with Gasteiger partial charge in [-0.05, 0) is 65.9 Å². The zero-order valence-electron chi connectivity index (χ0n) is 20.5. The van der Waals surface area contributed by atoms with Crippen molar-refractivity contribution in [2.45, 2.75) is 32.7 Å². The molecule has 1 aromatic heterocycles. The number of rotatable bonds is 5. The fourth-order valence-electron chi connectivity index (χ4n) is 4.44. The van der Waals surface area contributed by atoms with Crippen molar-refractivity contribution in [2.24, 2.45) is 0 Å². The molecule has 1 saturated heterocycles. The Morgan fingerprint density at radius 1 is 1.03 bits per heavy atom. The van der Waals surface area contributed by atoms with Crippen molar-refractivity contribution >= 4 is 44.1 Å². The SMILES string of the molecule is COc1ccc(/C(O)=C2\C(=O)C(=O)N(c3nc4ccc(C)cc4s3)[C@@H]2c2ccc(C(C)C)cc2)cc1. The molecule has 2 heterocycles. The topological polar surface area (TPSA) is 79.7 Å². The molecule has 0 unspecified atom stereocenters. The number of ether oxygens (including phenoxy) is 1. The van der Waals surface area contributed by atoms with Crippen LogP contribution >= 0.6 is 11.3 Å². The van der Waals surface area contributed by atoms with Crippen LogP contribution < -0.4 is 9.64 Å². The second-order valence-corrected chi connectivity index (χ2v) is 10.2. The molecular formula is C29H26N2O4S. The third-order valence-electron chi connectivity index (χ3n) is 6.47. The van der Waals surface area contributed by atoms with E-state index in [9.17, 15) is 14.7 Å². The fraction of sp³-hybridized carbons (Fsp3) is 0.207. The summed E-state index contributed by atoms with van der Waals surface area (Å²) >= 11 is 1.36. The van der Waals surface area contributed by atoms with E-state index in [4.69, 9.17) is 4.74 Å². The summed E-state index contributed by atoms with van der Waals surface area (Å²) in [6, 6.07) is 19.6. The normalized spacial score (nSPS) is 17.4. The fourth-order valence-corrected chi connectivity index (χ4v) is 5.53. The summed E-state index contributed by atoms with van der Waals surface area (Å²) in [5, 5.41) is 11.7. The number of nitrogens with zero attached hydrogens (tertiary/aromatic N) is 2. The number of ketones is 1. The zero-order valence-corrected chi connectivity index (χ0v) is 21.3. The van der Waals surface area contributed by atoms with Crippen molar-refractivity contribution in [2.75, 3.05) is 12.0 Å². The first-order chi connectivity index (χ1) is 17.3. The van der Waals surface area contributed by atoms with Gasteiger partial charge in [-0.3, -0.25) is 14.5 Å². The van der Waals surface area contributed by atoms with Crippen LogP contribution in [0.2, 0.25) is 0 Å². The molecule has 7 heteroatoms. The molecule has 0 radical (unpaired) electrons. The van der Waals surface area contributed by atoms with Gasteiger partial charge < -0.3 is 9.84 Å². The van der Waals surface area contributed by atoms with Gasteiger partial charge in [0.1, 0.15) is 11.5 Å².